The monoisotopic (exact) mass is 400 g/mol. The Bertz CT molecular complexity index is 816. The number of carbonyl (C=O) groups excluding carboxylic acids is 1. The lowest BCUT2D eigenvalue weighted by atomic mass is 9.59. The summed E-state index contributed by atoms with van der Waals surface area (Å²) in [5.41, 5.74) is 2.80. The molecule has 0 aliphatic heterocycles. The van der Waals surface area contributed by atoms with E-state index in [1.165, 1.54) is 68.6 Å². The summed E-state index contributed by atoms with van der Waals surface area (Å²) in [6.45, 7) is 0. The Kier molecular flexibility index (Phi) is 4.91. The molecule has 2 N–H and O–H groups in total. The lowest BCUT2D eigenvalue weighted by molar-refractivity contribution is -0.115. The summed E-state index contributed by atoms with van der Waals surface area (Å²) in [6.07, 6.45) is 11.9. The van der Waals surface area contributed by atoms with Crippen molar-refractivity contribution in [2.45, 2.75) is 61.9 Å². The molecule has 1 aromatic carbocycles. The number of hydrogen-bond acceptors (Lipinski definition) is 4. The van der Waals surface area contributed by atoms with Gasteiger partial charge < -0.3 is 5.32 Å². The molecule has 6 heteroatoms. The number of H-pyrrole nitrogens is 1. The van der Waals surface area contributed by atoms with E-state index in [1.54, 1.807) is 0 Å². The topological polar surface area (TPSA) is 70.7 Å². The quantitative estimate of drug-likeness (QED) is 0.648. The highest BCUT2D eigenvalue weighted by Gasteiger charge is 2.48. The average Bonchev–Trinajstić information content (AvgIpc) is 3.11. The zero-order valence-corrected chi connectivity index (χ0v) is 17.0. The van der Waals surface area contributed by atoms with Crippen molar-refractivity contribution in [1.29, 1.82) is 0 Å². The van der Waals surface area contributed by atoms with Crippen molar-refractivity contribution in [3.05, 3.63) is 36.2 Å². The molecule has 152 valence electrons. The molecule has 4 aliphatic carbocycles. The maximum Gasteiger partial charge on any atom is 0.225 e. The first-order valence-electron chi connectivity index (χ1n) is 10.6. The van der Waals surface area contributed by atoms with E-state index in [2.05, 4.69) is 44.8 Å². The summed E-state index contributed by atoms with van der Waals surface area (Å²) < 4.78 is 0. The minimum absolute atomic E-state index is 0. The Hall–Kier alpha value is -1.82. The van der Waals surface area contributed by atoms with Gasteiger partial charge in [-0.15, -0.1) is 0 Å². The molecule has 2 aromatic rings. The van der Waals surface area contributed by atoms with Crippen LogP contribution in [0.15, 0.2) is 35.7 Å². The molecule has 4 bridgehead atoms. The first-order chi connectivity index (χ1) is 13.7. The number of amides is 1. The molecular weight excluding hydrogens is 368 g/mol. The van der Waals surface area contributed by atoms with Crippen molar-refractivity contribution in [1.82, 2.24) is 15.2 Å². The summed E-state index contributed by atoms with van der Waals surface area (Å²) in [6, 6.07) is 8.77. The standard InChI is InChI=1S/C22H28N4OS.2H2/c27-20(6-8-28-21-23-14-24-26-21)25-19-3-1-18(2-4-19)22-7-5-15-9-16(12-22)11-17(10-15)13-22;;/h1-4,14-17H,5-13H2,(H,25,27)(H,23,24,26);2*1H. The first kappa shape index (κ1) is 18.2. The van der Waals surface area contributed by atoms with E-state index in [-0.39, 0.29) is 8.76 Å². The molecule has 6 rings (SSSR count). The van der Waals surface area contributed by atoms with Crippen LogP contribution >= 0.6 is 11.8 Å². The molecule has 2 unspecified atom stereocenters. The number of fused-ring (bicyclic) bond motifs is 1. The van der Waals surface area contributed by atoms with Crippen molar-refractivity contribution in [2.75, 3.05) is 11.1 Å². The lowest BCUT2D eigenvalue weighted by Crippen LogP contribution is -2.37. The predicted octanol–water partition coefficient (Wildman–Crippen LogP) is 5.28. The SMILES string of the molecule is O=C(CCSc1ncn[nH]1)Nc1ccc(C23CCC4CC(CC(C4)C2)C3)cc1.[HH].[HH]. The summed E-state index contributed by atoms with van der Waals surface area (Å²) in [5.74, 6) is 3.61. The number of carbonyl (C=O) groups is 1. The lowest BCUT2D eigenvalue weighted by Gasteiger charge is -2.45. The number of hydrogen-bond donors (Lipinski definition) is 2. The van der Waals surface area contributed by atoms with Gasteiger partial charge in [0.2, 0.25) is 5.91 Å². The smallest absolute Gasteiger partial charge is 0.225 e. The fourth-order valence-electron chi connectivity index (χ4n) is 6.16. The molecule has 0 saturated heterocycles. The van der Waals surface area contributed by atoms with Crippen LogP contribution in [0.25, 0.3) is 0 Å². The fraction of sp³-hybridized carbons (Fsp3) is 0.591. The minimum Gasteiger partial charge on any atom is -0.326 e. The molecule has 4 aliphatic rings. The minimum atomic E-state index is 0. The molecule has 1 amide bonds. The van der Waals surface area contributed by atoms with Crippen LogP contribution in [0.4, 0.5) is 5.69 Å². The van der Waals surface area contributed by atoms with Gasteiger partial charge in [-0.05, 0) is 85.8 Å². The summed E-state index contributed by atoms with van der Waals surface area (Å²) in [4.78, 5) is 16.3. The number of thioether (sulfide) groups is 1. The molecule has 1 heterocycles. The summed E-state index contributed by atoms with van der Waals surface area (Å²) >= 11 is 1.51. The molecule has 28 heavy (non-hydrogen) atoms. The third-order valence-electron chi connectivity index (χ3n) is 7.13. The molecule has 1 aromatic heterocycles. The van der Waals surface area contributed by atoms with Crippen molar-refractivity contribution in [3.63, 3.8) is 0 Å². The summed E-state index contributed by atoms with van der Waals surface area (Å²) in [5, 5.41) is 10.4. The van der Waals surface area contributed by atoms with Crippen LogP contribution in [-0.4, -0.2) is 26.8 Å². The van der Waals surface area contributed by atoms with Crippen molar-refractivity contribution >= 4 is 23.4 Å². The van der Waals surface area contributed by atoms with Crippen LogP contribution in [0.5, 0.6) is 0 Å². The zero-order valence-electron chi connectivity index (χ0n) is 16.2. The Balaban J connectivity index is 0.00000128. The number of anilines is 1. The van der Waals surface area contributed by atoms with Gasteiger partial charge in [-0.1, -0.05) is 23.9 Å². The van der Waals surface area contributed by atoms with Gasteiger partial charge in [-0.25, -0.2) is 4.98 Å². The highest BCUT2D eigenvalue weighted by Crippen LogP contribution is 2.57. The molecule has 4 fully saturated rings. The van der Waals surface area contributed by atoms with Crippen LogP contribution in [0.1, 0.15) is 59.8 Å². The van der Waals surface area contributed by atoms with Crippen LogP contribution in [-0.2, 0) is 10.2 Å². The third kappa shape index (κ3) is 3.71. The highest BCUT2D eigenvalue weighted by atomic mass is 32.2. The summed E-state index contributed by atoms with van der Waals surface area (Å²) in [7, 11) is 0. The van der Waals surface area contributed by atoms with E-state index in [4.69, 9.17) is 0 Å². The molecule has 0 radical (unpaired) electrons. The van der Waals surface area contributed by atoms with Crippen molar-refractivity contribution < 1.29 is 7.65 Å². The molecule has 2 atom stereocenters. The number of aromatic amines is 1. The van der Waals surface area contributed by atoms with Gasteiger partial charge in [-0.3, -0.25) is 9.89 Å². The number of nitrogens with one attached hydrogen (secondary N) is 2. The van der Waals surface area contributed by atoms with Crippen LogP contribution in [0.2, 0.25) is 0 Å². The second-order valence-electron chi connectivity index (χ2n) is 9.05. The Morgan fingerprint density at radius 2 is 1.93 bits per heavy atom. The molecule has 0 spiro atoms. The first-order valence-corrected chi connectivity index (χ1v) is 11.6. The zero-order chi connectivity index (χ0) is 19.0. The van der Waals surface area contributed by atoms with Crippen molar-refractivity contribution in [3.8, 4) is 0 Å². The van der Waals surface area contributed by atoms with Crippen LogP contribution in [0.3, 0.4) is 0 Å². The number of rotatable bonds is 6. The number of aromatic nitrogens is 3. The van der Waals surface area contributed by atoms with Gasteiger partial charge in [-0.2, -0.15) is 5.10 Å². The van der Waals surface area contributed by atoms with Gasteiger partial charge in [0.1, 0.15) is 6.33 Å². The molecular formula is C22H32N4OS. The number of benzene rings is 1. The average molecular weight is 401 g/mol. The second-order valence-corrected chi connectivity index (χ2v) is 10.1. The van der Waals surface area contributed by atoms with Gasteiger partial charge in [0.15, 0.2) is 5.16 Å². The van der Waals surface area contributed by atoms with E-state index < -0.39 is 0 Å². The fourth-order valence-corrected chi connectivity index (χ4v) is 6.88. The maximum absolute atomic E-state index is 12.2. The third-order valence-corrected chi connectivity index (χ3v) is 8.01. The molecule has 5 nitrogen and oxygen atoms in total. The van der Waals surface area contributed by atoms with Crippen molar-refractivity contribution in [2.24, 2.45) is 17.8 Å². The predicted molar refractivity (Wildman–Crippen MR) is 115 cm³/mol. The van der Waals surface area contributed by atoms with Crippen LogP contribution in [0, 0.1) is 17.8 Å². The van der Waals surface area contributed by atoms with E-state index >= 15 is 0 Å². The van der Waals surface area contributed by atoms with E-state index in [0.29, 0.717) is 17.6 Å². The largest absolute Gasteiger partial charge is 0.326 e. The van der Waals surface area contributed by atoms with Gasteiger partial charge in [0, 0.05) is 20.7 Å². The maximum atomic E-state index is 12.2. The Labute approximate surface area is 173 Å². The van der Waals surface area contributed by atoms with Gasteiger partial charge in [0.25, 0.3) is 0 Å². The van der Waals surface area contributed by atoms with Gasteiger partial charge >= 0.3 is 0 Å². The Morgan fingerprint density at radius 1 is 1.18 bits per heavy atom. The van der Waals surface area contributed by atoms with Crippen LogP contribution < -0.4 is 5.32 Å². The van der Waals surface area contributed by atoms with E-state index in [1.807, 2.05) is 0 Å². The number of nitrogens with zero attached hydrogens (tertiary/aromatic N) is 2. The highest BCUT2D eigenvalue weighted by molar-refractivity contribution is 7.99. The Morgan fingerprint density at radius 3 is 2.64 bits per heavy atom. The van der Waals surface area contributed by atoms with Gasteiger partial charge in [0.05, 0.1) is 0 Å². The molecule has 4 saturated carbocycles. The second kappa shape index (κ2) is 7.54. The van der Waals surface area contributed by atoms with E-state index in [0.717, 1.165) is 28.6 Å². The van der Waals surface area contributed by atoms with E-state index in [9.17, 15) is 4.79 Å². The normalized spacial score (nSPS) is 30.9.